The van der Waals surface area contributed by atoms with Crippen molar-refractivity contribution in [2.45, 2.75) is 131 Å². The molecule has 0 unspecified atom stereocenters. The van der Waals surface area contributed by atoms with Gasteiger partial charge in [0.15, 0.2) is 5.82 Å². The number of carbonyl (C=O) groups excluding carboxylic acids is 4. The van der Waals surface area contributed by atoms with E-state index in [0.29, 0.717) is 55.9 Å². The molecule has 15 nitrogen and oxygen atoms in total. The Morgan fingerprint density at radius 3 is 2.25 bits per heavy atom. The Labute approximate surface area is 436 Å². The fraction of sp³-hybridized carbons (Fsp3) is 0.519. The fourth-order valence-corrected chi connectivity index (χ4v) is 13.1. The van der Waals surface area contributed by atoms with Crippen molar-refractivity contribution < 1.29 is 19.2 Å². The molecule has 7 heterocycles. The largest absolute Gasteiger partial charge is 0.348 e. The normalized spacial score (nSPS) is 20.9. The Bertz CT molecular complexity index is 2840. The molecule has 382 valence electrons. The van der Waals surface area contributed by atoms with Gasteiger partial charge in [0.05, 0.1) is 40.8 Å². The van der Waals surface area contributed by atoms with E-state index < -0.39 is 23.5 Å². The second-order valence-electron chi connectivity index (χ2n) is 21.2. The summed E-state index contributed by atoms with van der Waals surface area (Å²) in [6, 6.07) is 14.2. The van der Waals surface area contributed by atoms with E-state index in [9.17, 15) is 19.2 Å². The quantitative estimate of drug-likeness (QED) is 0.126. The first kappa shape index (κ1) is 51.6. The van der Waals surface area contributed by atoms with Crippen LogP contribution in [0, 0.1) is 33.1 Å². The van der Waals surface area contributed by atoms with Crippen molar-refractivity contribution in [1.82, 2.24) is 50.0 Å². The summed E-state index contributed by atoms with van der Waals surface area (Å²) < 4.78 is 2.09. The molecule has 2 N–H and O–H groups in total. The molecule has 72 heavy (non-hydrogen) atoms. The van der Waals surface area contributed by atoms with Crippen molar-refractivity contribution in [3.05, 3.63) is 104 Å². The van der Waals surface area contributed by atoms with E-state index in [2.05, 4.69) is 73.1 Å². The summed E-state index contributed by atoms with van der Waals surface area (Å²) in [5.41, 5.74) is 8.29. The van der Waals surface area contributed by atoms with E-state index in [1.165, 1.54) is 4.88 Å². The Kier molecular flexibility index (Phi) is 15.2. The van der Waals surface area contributed by atoms with E-state index in [0.717, 1.165) is 80.9 Å². The van der Waals surface area contributed by atoms with Crippen LogP contribution in [0.25, 0.3) is 15.4 Å². The van der Waals surface area contributed by atoms with Crippen molar-refractivity contribution in [1.29, 1.82) is 0 Å². The van der Waals surface area contributed by atoms with Crippen LogP contribution >= 0.6 is 34.3 Å². The second kappa shape index (κ2) is 21.3. The average molecular weight is 1030 g/mol. The van der Waals surface area contributed by atoms with Gasteiger partial charge in [0.2, 0.25) is 23.6 Å². The number of fused-ring (bicyclic) bond motifs is 3. The molecule has 0 aliphatic carbocycles. The van der Waals surface area contributed by atoms with Gasteiger partial charge >= 0.3 is 0 Å². The van der Waals surface area contributed by atoms with E-state index >= 15 is 0 Å². The molecule has 0 spiro atoms. The topological polar surface area (TPSA) is 161 Å². The van der Waals surface area contributed by atoms with Crippen LogP contribution in [-0.4, -0.2) is 139 Å². The van der Waals surface area contributed by atoms with Crippen LogP contribution in [-0.2, 0) is 19.2 Å². The number of carbonyl (C=O) groups is 4. The van der Waals surface area contributed by atoms with Crippen LogP contribution in [0.3, 0.4) is 0 Å². The number of nitrogens with zero attached hydrogens (tertiary/aromatic N) is 9. The summed E-state index contributed by atoms with van der Waals surface area (Å²) in [5, 5.41) is 17.0. The summed E-state index contributed by atoms with van der Waals surface area (Å²) in [4.78, 5) is 76.7. The summed E-state index contributed by atoms with van der Waals surface area (Å²) >= 11 is 9.62. The molecule has 4 aliphatic heterocycles. The molecule has 3 fully saturated rings. The molecule has 9 rings (SSSR count). The van der Waals surface area contributed by atoms with Gasteiger partial charge in [-0.15, -0.1) is 32.9 Å². The average Bonchev–Trinajstić information content (AvgIpc) is 4.15. The third-order valence-electron chi connectivity index (χ3n) is 15.2. The highest BCUT2D eigenvalue weighted by Gasteiger charge is 2.43. The number of aliphatic imine (C=N–C) groups is 1. The Hall–Kier alpha value is -5.33. The number of hydrogen-bond donors (Lipinski definition) is 2. The van der Waals surface area contributed by atoms with Gasteiger partial charge in [0.1, 0.15) is 29.0 Å². The summed E-state index contributed by atoms with van der Waals surface area (Å²) in [5.74, 6) is 0.884. The molecular formula is C54H68ClN11O4S2. The third-order valence-corrected chi connectivity index (χ3v) is 17.7. The van der Waals surface area contributed by atoms with E-state index in [-0.39, 0.29) is 48.7 Å². The minimum atomic E-state index is -0.799. The number of thiophene rings is 1. The number of hydrogen-bond acceptors (Lipinski definition) is 12. The zero-order valence-electron chi connectivity index (χ0n) is 43.0. The van der Waals surface area contributed by atoms with E-state index in [4.69, 9.17) is 16.6 Å². The molecule has 3 aromatic heterocycles. The minimum Gasteiger partial charge on any atom is -0.348 e. The van der Waals surface area contributed by atoms with Crippen LogP contribution in [0.5, 0.6) is 0 Å². The lowest BCUT2D eigenvalue weighted by atomic mass is 9.85. The number of amides is 4. The van der Waals surface area contributed by atoms with Gasteiger partial charge in [-0.05, 0) is 101 Å². The number of piperidine rings is 1. The second-order valence-corrected chi connectivity index (χ2v) is 23.7. The highest BCUT2D eigenvalue weighted by atomic mass is 35.5. The predicted octanol–water partition coefficient (Wildman–Crippen LogP) is 8.02. The van der Waals surface area contributed by atoms with Crippen LogP contribution < -0.4 is 10.6 Å². The highest BCUT2D eigenvalue weighted by molar-refractivity contribution is 7.15. The lowest BCUT2D eigenvalue weighted by molar-refractivity contribution is -0.144. The minimum absolute atomic E-state index is 0.0534. The van der Waals surface area contributed by atoms with Crippen molar-refractivity contribution >= 4 is 63.6 Å². The number of rotatable bonds is 12. The van der Waals surface area contributed by atoms with Gasteiger partial charge in [0, 0.05) is 72.4 Å². The summed E-state index contributed by atoms with van der Waals surface area (Å²) in [6.45, 7) is 22.4. The maximum atomic E-state index is 14.4. The molecule has 0 bridgehead atoms. The van der Waals surface area contributed by atoms with Crippen LogP contribution in [0.2, 0.25) is 5.02 Å². The number of piperazine rings is 1. The molecular weight excluding hydrogens is 966 g/mol. The van der Waals surface area contributed by atoms with E-state index in [1.54, 1.807) is 27.6 Å². The Morgan fingerprint density at radius 2 is 1.58 bits per heavy atom. The predicted molar refractivity (Wildman–Crippen MR) is 285 cm³/mol. The number of thiazole rings is 1. The number of aromatic nitrogens is 4. The number of halogens is 1. The Balaban J connectivity index is 0.772. The molecule has 5 atom stereocenters. The number of aryl methyl sites for hydroxylation is 3. The SMILES string of the molecule is Cc1ncsc1-c1ccc([C@H](C)NC(=O)[C@@H]2CCCN2C(=O)[C@@H](NC(=O)CN2CCN(C3CCN(C(=O)C[C@@H]4N=C(c5ccc(Cl)cc5)c5c(sc(C)c5C)-n5c(C)nnc54)CC3)C[C@@H]2C)C(C)(C)C)cc1. The standard InChI is InChI=1S/C54H68ClN11O4S2/c1-31-28-64(41-20-23-62(24-21-41)45(68)27-42-50-61-60-36(6)66(50)53-46(32(2)35(5)72-53)47(58-42)38-16-18-40(55)19-17-38)26-25-63(31)29-44(67)59-49(54(7,8)9)52(70)65-22-10-11-43(65)51(69)57-33(3)37-12-14-39(15-13-37)48-34(4)56-30-71-48/h12-19,30-31,33,41-43,49H,10-11,20-29H2,1-9H3,(H,57,69)(H,59,67)/t31-,33-,42-,43-,49+/m0/s1. The van der Waals surface area contributed by atoms with Gasteiger partial charge in [-0.25, -0.2) is 4.98 Å². The Morgan fingerprint density at radius 1 is 0.875 bits per heavy atom. The lowest BCUT2D eigenvalue weighted by Crippen LogP contribution is -2.61. The van der Waals surface area contributed by atoms with Crippen molar-refractivity contribution in [2.24, 2.45) is 10.4 Å². The molecule has 2 aromatic carbocycles. The summed E-state index contributed by atoms with van der Waals surface area (Å²) in [7, 11) is 0. The number of nitrogens with one attached hydrogen (secondary N) is 2. The smallest absolute Gasteiger partial charge is 0.246 e. The fourth-order valence-electron chi connectivity index (χ4n) is 10.9. The molecule has 18 heteroatoms. The van der Waals surface area contributed by atoms with Gasteiger partial charge in [-0.3, -0.25) is 38.5 Å². The first-order valence-corrected chi connectivity index (χ1v) is 27.5. The maximum absolute atomic E-state index is 14.4. The van der Waals surface area contributed by atoms with Gasteiger partial charge in [-0.1, -0.05) is 68.8 Å². The van der Waals surface area contributed by atoms with Crippen LogP contribution in [0.4, 0.5) is 0 Å². The van der Waals surface area contributed by atoms with Gasteiger partial charge in [0.25, 0.3) is 0 Å². The zero-order valence-corrected chi connectivity index (χ0v) is 45.4. The van der Waals surface area contributed by atoms with Gasteiger partial charge < -0.3 is 20.4 Å². The lowest BCUT2D eigenvalue weighted by Gasteiger charge is -2.45. The first-order chi connectivity index (χ1) is 34.4. The van der Waals surface area contributed by atoms with Gasteiger partial charge in [-0.2, -0.15) is 0 Å². The monoisotopic (exact) mass is 1030 g/mol. The number of likely N-dealkylation sites (tertiary alicyclic amines) is 2. The van der Waals surface area contributed by atoms with Crippen molar-refractivity contribution in [2.75, 3.05) is 45.8 Å². The van der Waals surface area contributed by atoms with E-state index in [1.807, 2.05) is 88.4 Å². The first-order valence-electron chi connectivity index (χ1n) is 25.4. The van der Waals surface area contributed by atoms with Crippen molar-refractivity contribution in [3.63, 3.8) is 0 Å². The van der Waals surface area contributed by atoms with Crippen molar-refractivity contribution in [3.8, 4) is 15.4 Å². The van der Waals surface area contributed by atoms with Crippen LogP contribution in [0.15, 0.2) is 59.0 Å². The molecule has 0 radical (unpaired) electrons. The maximum Gasteiger partial charge on any atom is 0.246 e. The summed E-state index contributed by atoms with van der Waals surface area (Å²) in [6.07, 6.45) is 3.19. The molecule has 0 saturated carbocycles. The molecule has 5 aromatic rings. The number of benzene rings is 2. The zero-order chi connectivity index (χ0) is 51.2. The molecule has 3 saturated heterocycles. The molecule has 4 aliphatic rings. The highest BCUT2D eigenvalue weighted by Crippen LogP contribution is 2.40. The molecule has 4 amide bonds. The van der Waals surface area contributed by atoms with Crippen LogP contribution in [0.1, 0.15) is 123 Å². The third kappa shape index (κ3) is 10.7.